The fraction of sp³-hybridized carbons (Fsp3) is 0.586. The van der Waals surface area contributed by atoms with Gasteiger partial charge in [-0.15, -0.1) is 0 Å². The van der Waals surface area contributed by atoms with Crippen LogP contribution in [-0.2, 0) is 4.74 Å². The second-order valence-electron chi connectivity index (χ2n) is 11.1. The molecule has 10 heteroatoms. The number of rotatable bonds is 10. The molecule has 39 heavy (non-hydrogen) atoms. The summed E-state index contributed by atoms with van der Waals surface area (Å²) in [7, 11) is 3.49. The van der Waals surface area contributed by atoms with Crippen molar-refractivity contribution in [2.45, 2.75) is 31.7 Å². The van der Waals surface area contributed by atoms with Crippen molar-refractivity contribution < 1.29 is 9.47 Å². The van der Waals surface area contributed by atoms with Crippen molar-refractivity contribution in [3.05, 3.63) is 29.4 Å². The highest BCUT2D eigenvalue weighted by Gasteiger charge is 2.28. The number of aromatic amines is 1. The van der Waals surface area contributed by atoms with Crippen LogP contribution >= 0.6 is 11.6 Å². The van der Waals surface area contributed by atoms with Crippen LogP contribution in [0, 0.1) is 5.92 Å². The largest absolute Gasteiger partial charge is 0.495 e. The molecule has 3 aliphatic rings. The summed E-state index contributed by atoms with van der Waals surface area (Å²) >= 11 is 6.65. The standard InChI is InChI=1S/C29H40ClN7O2/c1-38-16-15-35-11-13-37(14-12-35)24-6-5-21(17-25(24)39-2)28-33-27-26(23(30)18-31-29(27)34-28)32-22-7-9-36(10-8-22)19-20-3-4-20/h5-6,17-18,20,22H,3-4,7-16,19H2,1-2H3,(H2,31,32,33,34). The van der Waals surface area contributed by atoms with Gasteiger partial charge in [-0.3, -0.25) is 4.90 Å². The lowest BCUT2D eigenvalue weighted by molar-refractivity contribution is 0.144. The van der Waals surface area contributed by atoms with E-state index in [2.05, 4.69) is 48.2 Å². The van der Waals surface area contributed by atoms with Gasteiger partial charge in [0, 0.05) is 71.1 Å². The fourth-order valence-electron chi connectivity index (χ4n) is 5.85. The molecule has 2 N–H and O–H groups in total. The summed E-state index contributed by atoms with van der Waals surface area (Å²) in [4.78, 5) is 20.4. The summed E-state index contributed by atoms with van der Waals surface area (Å²) in [5.41, 5.74) is 4.47. The summed E-state index contributed by atoms with van der Waals surface area (Å²) < 4.78 is 11.1. The van der Waals surface area contributed by atoms with Crippen LogP contribution in [0.2, 0.25) is 5.02 Å². The number of benzene rings is 1. The first-order valence-electron chi connectivity index (χ1n) is 14.3. The molecule has 0 spiro atoms. The molecule has 0 bridgehead atoms. The summed E-state index contributed by atoms with van der Waals surface area (Å²) in [6, 6.07) is 6.70. The molecule has 210 valence electrons. The van der Waals surface area contributed by atoms with Gasteiger partial charge in [0.1, 0.15) is 17.1 Å². The van der Waals surface area contributed by atoms with E-state index >= 15 is 0 Å². The maximum absolute atomic E-state index is 6.65. The molecule has 0 atom stereocenters. The van der Waals surface area contributed by atoms with Gasteiger partial charge in [0.05, 0.1) is 36.3 Å². The zero-order valence-corrected chi connectivity index (χ0v) is 23.8. The number of H-pyrrole nitrogens is 1. The highest BCUT2D eigenvalue weighted by Crippen LogP contribution is 2.36. The Hall–Kier alpha value is -2.59. The average molecular weight is 554 g/mol. The van der Waals surface area contributed by atoms with Crippen molar-refractivity contribution in [1.82, 2.24) is 24.8 Å². The molecule has 3 fully saturated rings. The number of likely N-dealkylation sites (tertiary alicyclic amines) is 1. The second-order valence-corrected chi connectivity index (χ2v) is 11.5. The SMILES string of the molecule is COCCN1CCN(c2ccc(-c3nc4c(NC5CCN(CC6CC6)CC5)c(Cl)cnc4[nH]3)cc2OC)CC1. The number of methoxy groups -OCH3 is 2. The molecule has 2 aromatic heterocycles. The number of fused-ring (bicyclic) bond motifs is 1. The maximum Gasteiger partial charge on any atom is 0.159 e. The number of nitrogens with zero attached hydrogens (tertiary/aromatic N) is 5. The average Bonchev–Trinajstić information content (AvgIpc) is 3.68. The van der Waals surface area contributed by atoms with Gasteiger partial charge >= 0.3 is 0 Å². The molecule has 4 heterocycles. The van der Waals surface area contributed by atoms with Crippen LogP contribution in [0.4, 0.5) is 11.4 Å². The third kappa shape index (κ3) is 6.11. The Kier molecular flexibility index (Phi) is 8.11. The molecule has 2 saturated heterocycles. The number of piperidine rings is 1. The molecular weight excluding hydrogens is 514 g/mol. The minimum atomic E-state index is 0.387. The molecule has 1 aliphatic carbocycles. The first-order chi connectivity index (χ1) is 19.1. The van der Waals surface area contributed by atoms with Gasteiger partial charge in [0.25, 0.3) is 0 Å². The Balaban J connectivity index is 1.17. The predicted molar refractivity (Wildman–Crippen MR) is 157 cm³/mol. The first kappa shape index (κ1) is 26.6. The van der Waals surface area contributed by atoms with Gasteiger partial charge in [-0.2, -0.15) is 0 Å². The Morgan fingerprint density at radius 3 is 2.54 bits per heavy atom. The number of hydrogen-bond acceptors (Lipinski definition) is 8. The van der Waals surface area contributed by atoms with Crippen molar-refractivity contribution in [1.29, 1.82) is 0 Å². The van der Waals surface area contributed by atoms with E-state index in [9.17, 15) is 0 Å². The number of halogens is 1. The molecule has 0 unspecified atom stereocenters. The summed E-state index contributed by atoms with van der Waals surface area (Å²) in [6.45, 7) is 9.23. The van der Waals surface area contributed by atoms with Crippen molar-refractivity contribution in [3.63, 3.8) is 0 Å². The lowest BCUT2D eigenvalue weighted by Crippen LogP contribution is -2.47. The number of nitrogens with one attached hydrogen (secondary N) is 2. The van der Waals surface area contributed by atoms with E-state index in [-0.39, 0.29) is 0 Å². The number of ether oxygens (including phenoxy) is 2. The van der Waals surface area contributed by atoms with Crippen LogP contribution in [0.15, 0.2) is 24.4 Å². The Bertz CT molecular complexity index is 1260. The predicted octanol–water partition coefficient (Wildman–Crippen LogP) is 4.34. The number of imidazole rings is 1. The van der Waals surface area contributed by atoms with E-state index in [1.165, 1.54) is 19.4 Å². The highest BCUT2D eigenvalue weighted by atomic mass is 35.5. The van der Waals surface area contributed by atoms with E-state index in [1.54, 1.807) is 20.4 Å². The summed E-state index contributed by atoms with van der Waals surface area (Å²) in [5.74, 6) is 2.55. The Morgan fingerprint density at radius 1 is 1.03 bits per heavy atom. The van der Waals surface area contributed by atoms with E-state index < -0.39 is 0 Å². The minimum Gasteiger partial charge on any atom is -0.495 e. The van der Waals surface area contributed by atoms with Crippen molar-refractivity contribution >= 4 is 34.1 Å². The minimum absolute atomic E-state index is 0.387. The second kappa shape index (κ2) is 11.9. The summed E-state index contributed by atoms with van der Waals surface area (Å²) in [5, 5.41) is 4.32. The van der Waals surface area contributed by atoms with E-state index in [0.717, 1.165) is 111 Å². The molecule has 9 nitrogen and oxygen atoms in total. The first-order valence-corrected chi connectivity index (χ1v) is 14.7. The monoisotopic (exact) mass is 553 g/mol. The number of anilines is 2. The lowest BCUT2D eigenvalue weighted by Gasteiger charge is -2.36. The van der Waals surface area contributed by atoms with Gasteiger partial charge in [0.2, 0.25) is 0 Å². The molecule has 2 aliphatic heterocycles. The third-order valence-corrected chi connectivity index (χ3v) is 8.68. The maximum atomic E-state index is 6.65. The molecule has 0 amide bonds. The number of piperazine rings is 1. The number of pyridine rings is 1. The van der Waals surface area contributed by atoms with Gasteiger partial charge in [-0.25, -0.2) is 9.97 Å². The molecule has 1 saturated carbocycles. The van der Waals surface area contributed by atoms with Crippen LogP contribution < -0.4 is 15.0 Å². The Labute approximate surface area is 235 Å². The number of hydrogen-bond donors (Lipinski definition) is 2. The fourth-order valence-corrected chi connectivity index (χ4v) is 6.05. The van der Waals surface area contributed by atoms with Gasteiger partial charge in [-0.05, 0) is 49.8 Å². The summed E-state index contributed by atoms with van der Waals surface area (Å²) in [6.07, 6.45) is 6.76. The molecule has 6 rings (SSSR count). The lowest BCUT2D eigenvalue weighted by atomic mass is 10.0. The van der Waals surface area contributed by atoms with Gasteiger partial charge in [-0.1, -0.05) is 11.6 Å². The normalized spacial score (nSPS) is 19.6. The van der Waals surface area contributed by atoms with Crippen LogP contribution in [0.25, 0.3) is 22.6 Å². The zero-order valence-electron chi connectivity index (χ0n) is 23.1. The van der Waals surface area contributed by atoms with Crippen molar-refractivity contribution in [3.8, 4) is 17.1 Å². The van der Waals surface area contributed by atoms with Crippen molar-refractivity contribution in [2.75, 3.05) is 83.4 Å². The van der Waals surface area contributed by atoms with E-state index in [0.29, 0.717) is 11.1 Å². The smallest absolute Gasteiger partial charge is 0.159 e. The topological polar surface area (TPSA) is 81.8 Å². The Morgan fingerprint density at radius 2 is 1.82 bits per heavy atom. The van der Waals surface area contributed by atoms with Crippen LogP contribution in [0.3, 0.4) is 0 Å². The van der Waals surface area contributed by atoms with Crippen molar-refractivity contribution in [2.24, 2.45) is 5.92 Å². The van der Waals surface area contributed by atoms with Crippen LogP contribution in [0.1, 0.15) is 25.7 Å². The quantitative estimate of drug-likeness (QED) is 0.384. The van der Waals surface area contributed by atoms with E-state index in [4.69, 9.17) is 26.1 Å². The molecule has 3 aromatic rings. The van der Waals surface area contributed by atoms with E-state index in [1.807, 2.05) is 0 Å². The number of aromatic nitrogens is 3. The van der Waals surface area contributed by atoms with Gasteiger partial charge < -0.3 is 29.6 Å². The highest BCUT2D eigenvalue weighted by molar-refractivity contribution is 6.34. The zero-order chi connectivity index (χ0) is 26.8. The third-order valence-electron chi connectivity index (χ3n) is 8.39. The molecule has 0 radical (unpaired) electrons. The molecule has 1 aromatic carbocycles. The van der Waals surface area contributed by atoms with Gasteiger partial charge in [0.15, 0.2) is 5.65 Å². The van der Waals surface area contributed by atoms with Crippen LogP contribution in [-0.4, -0.2) is 104 Å². The molecular formula is C29H40ClN7O2. The van der Waals surface area contributed by atoms with Crippen LogP contribution in [0.5, 0.6) is 5.75 Å².